The Kier molecular flexibility index (Phi) is 8.02. The highest BCUT2D eigenvalue weighted by Gasteiger charge is 2.31. The van der Waals surface area contributed by atoms with Gasteiger partial charge in [-0.25, -0.2) is 4.39 Å². The molecule has 0 fully saturated rings. The average molecular weight is 433 g/mol. The lowest BCUT2D eigenvalue weighted by Gasteiger charge is -2.33. The van der Waals surface area contributed by atoms with Crippen LogP contribution in [0.15, 0.2) is 42.5 Å². The Labute approximate surface area is 183 Å². The molecule has 2 aromatic rings. The van der Waals surface area contributed by atoms with Crippen LogP contribution < -0.4 is 5.32 Å². The molecule has 0 aliphatic heterocycles. The van der Waals surface area contributed by atoms with Crippen molar-refractivity contribution in [1.29, 1.82) is 0 Å². The third-order valence-corrected chi connectivity index (χ3v) is 5.06. The van der Waals surface area contributed by atoms with Crippen molar-refractivity contribution in [2.24, 2.45) is 0 Å². The summed E-state index contributed by atoms with van der Waals surface area (Å²) in [6, 6.07) is 11.4. The number of hydrogen-bond acceptors (Lipinski definition) is 2. The molecule has 2 rings (SSSR count). The molecule has 4 nitrogen and oxygen atoms in total. The topological polar surface area (TPSA) is 49.4 Å². The molecule has 1 N–H and O–H groups in total. The third kappa shape index (κ3) is 6.56. The maximum atomic E-state index is 14.3. The van der Waals surface area contributed by atoms with E-state index in [1.165, 1.54) is 17.0 Å². The Balaban J connectivity index is 2.38. The van der Waals surface area contributed by atoms with Gasteiger partial charge in [0.1, 0.15) is 11.9 Å². The fourth-order valence-corrected chi connectivity index (χ4v) is 3.56. The first-order valence-electron chi connectivity index (χ1n) is 10.1. The zero-order valence-electron chi connectivity index (χ0n) is 18.3. The summed E-state index contributed by atoms with van der Waals surface area (Å²) in [4.78, 5) is 27.8. The van der Waals surface area contributed by atoms with Crippen molar-refractivity contribution in [1.82, 2.24) is 10.2 Å². The summed E-state index contributed by atoms with van der Waals surface area (Å²) in [5.41, 5.74) is 1.68. The van der Waals surface area contributed by atoms with Crippen LogP contribution in [0.2, 0.25) is 5.02 Å². The molecular formula is C24H30ClFN2O2. The van der Waals surface area contributed by atoms with Gasteiger partial charge < -0.3 is 10.2 Å². The highest BCUT2D eigenvalue weighted by molar-refractivity contribution is 6.31. The quantitative estimate of drug-likeness (QED) is 0.665. The molecule has 0 aliphatic rings. The predicted octanol–water partition coefficient (Wildman–Crippen LogP) is 5.05. The number of benzene rings is 2. The normalized spacial score (nSPS) is 12.4. The molecular weight excluding hydrogens is 403 g/mol. The van der Waals surface area contributed by atoms with Crippen molar-refractivity contribution >= 4 is 23.4 Å². The van der Waals surface area contributed by atoms with Crippen molar-refractivity contribution in [2.45, 2.75) is 65.6 Å². The van der Waals surface area contributed by atoms with E-state index in [-0.39, 0.29) is 35.4 Å². The van der Waals surface area contributed by atoms with Crippen molar-refractivity contribution in [2.75, 3.05) is 0 Å². The Morgan fingerprint density at radius 1 is 1.17 bits per heavy atom. The molecule has 1 atom stereocenters. The van der Waals surface area contributed by atoms with Crippen LogP contribution in [-0.2, 0) is 22.6 Å². The molecule has 0 radical (unpaired) electrons. The average Bonchev–Trinajstić information content (AvgIpc) is 2.63. The number of nitrogens with zero attached hydrogens (tertiary/aromatic N) is 1. The second kappa shape index (κ2) is 10.1. The van der Waals surface area contributed by atoms with Crippen LogP contribution in [0.1, 0.15) is 50.8 Å². The maximum absolute atomic E-state index is 14.3. The Morgan fingerprint density at radius 3 is 2.40 bits per heavy atom. The summed E-state index contributed by atoms with van der Waals surface area (Å²) in [5.74, 6) is -1.11. The number of carbonyl (C=O) groups is 2. The van der Waals surface area contributed by atoms with Crippen LogP contribution in [0.5, 0.6) is 0 Å². The summed E-state index contributed by atoms with van der Waals surface area (Å²) in [6.45, 7) is 9.76. The van der Waals surface area contributed by atoms with E-state index in [2.05, 4.69) is 5.32 Å². The minimum Gasteiger partial charge on any atom is -0.350 e. The number of carbonyl (C=O) groups excluding carboxylic acids is 2. The first kappa shape index (κ1) is 23.9. The van der Waals surface area contributed by atoms with Gasteiger partial charge in [-0.3, -0.25) is 9.59 Å². The number of nitrogens with one attached hydrogen (secondary N) is 1. The van der Waals surface area contributed by atoms with Crippen LogP contribution in [0, 0.1) is 12.7 Å². The van der Waals surface area contributed by atoms with Crippen molar-refractivity contribution < 1.29 is 14.0 Å². The van der Waals surface area contributed by atoms with Crippen molar-refractivity contribution in [3.63, 3.8) is 0 Å². The van der Waals surface area contributed by atoms with Crippen molar-refractivity contribution in [3.05, 3.63) is 70.0 Å². The van der Waals surface area contributed by atoms with Crippen LogP contribution in [0.3, 0.4) is 0 Å². The lowest BCUT2D eigenvalue weighted by Crippen LogP contribution is -2.53. The molecule has 2 aromatic carbocycles. The van der Waals surface area contributed by atoms with Gasteiger partial charge in [0.25, 0.3) is 0 Å². The van der Waals surface area contributed by atoms with Gasteiger partial charge in [0.15, 0.2) is 0 Å². The van der Waals surface area contributed by atoms with E-state index in [0.717, 1.165) is 11.1 Å². The Hall–Kier alpha value is -2.40. The predicted molar refractivity (Wildman–Crippen MR) is 119 cm³/mol. The standard InChI is InChI=1S/C24H30ClFN2O2/c1-6-21(23(30)27-24(3,4)5)28(15-17-10-7-9-16(2)13-17)22(29)14-18-19(25)11-8-12-20(18)26/h7-13,21H,6,14-15H2,1-5H3,(H,27,30)/t21-/m1/s1. The first-order chi connectivity index (χ1) is 14.0. The molecule has 0 saturated carbocycles. The first-order valence-corrected chi connectivity index (χ1v) is 10.5. The molecule has 30 heavy (non-hydrogen) atoms. The molecule has 0 bridgehead atoms. The second-order valence-electron chi connectivity index (χ2n) is 8.55. The van der Waals surface area contributed by atoms with Crippen LogP contribution in [-0.4, -0.2) is 28.3 Å². The summed E-state index contributed by atoms with van der Waals surface area (Å²) in [6.07, 6.45) is 0.223. The Bertz CT molecular complexity index is 888. The molecule has 2 amide bonds. The number of aryl methyl sites for hydroxylation is 1. The van der Waals surface area contributed by atoms with Gasteiger partial charge in [0.2, 0.25) is 11.8 Å². The molecule has 0 aromatic heterocycles. The molecule has 0 saturated heterocycles. The number of halogens is 2. The molecule has 0 heterocycles. The molecule has 6 heteroatoms. The van der Waals surface area contributed by atoms with E-state index in [1.54, 1.807) is 6.07 Å². The highest BCUT2D eigenvalue weighted by Crippen LogP contribution is 2.22. The number of rotatable bonds is 7. The number of hydrogen-bond donors (Lipinski definition) is 1. The zero-order chi connectivity index (χ0) is 22.5. The summed E-state index contributed by atoms with van der Waals surface area (Å²) < 4.78 is 14.3. The zero-order valence-corrected chi connectivity index (χ0v) is 19.0. The van der Waals surface area contributed by atoms with Gasteiger partial charge >= 0.3 is 0 Å². The summed E-state index contributed by atoms with van der Waals surface area (Å²) in [5, 5.41) is 3.16. The van der Waals surface area contributed by atoms with Gasteiger partial charge in [-0.05, 0) is 51.8 Å². The molecule has 0 aliphatic carbocycles. The van der Waals surface area contributed by atoms with Gasteiger partial charge in [-0.2, -0.15) is 0 Å². The van der Waals surface area contributed by atoms with E-state index in [9.17, 15) is 14.0 Å². The van der Waals surface area contributed by atoms with Gasteiger partial charge in [-0.15, -0.1) is 0 Å². The second-order valence-corrected chi connectivity index (χ2v) is 8.96. The van der Waals surface area contributed by atoms with E-state index in [0.29, 0.717) is 6.42 Å². The van der Waals surface area contributed by atoms with E-state index in [4.69, 9.17) is 11.6 Å². The van der Waals surface area contributed by atoms with Crippen molar-refractivity contribution in [3.8, 4) is 0 Å². The molecule has 162 valence electrons. The highest BCUT2D eigenvalue weighted by atomic mass is 35.5. The third-order valence-electron chi connectivity index (χ3n) is 4.71. The minimum absolute atomic E-state index is 0.143. The molecule has 0 spiro atoms. The lowest BCUT2D eigenvalue weighted by molar-refractivity contribution is -0.141. The van der Waals surface area contributed by atoms with Crippen LogP contribution >= 0.6 is 11.6 Å². The van der Waals surface area contributed by atoms with Gasteiger partial charge in [-0.1, -0.05) is 54.4 Å². The minimum atomic E-state index is -0.678. The monoisotopic (exact) mass is 432 g/mol. The van der Waals surface area contributed by atoms with E-state index >= 15 is 0 Å². The smallest absolute Gasteiger partial charge is 0.243 e. The lowest BCUT2D eigenvalue weighted by atomic mass is 10.0. The van der Waals surface area contributed by atoms with Crippen LogP contribution in [0.4, 0.5) is 4.39 Å². The van der Waals surface area contributed by atoms with Crippen LogP contribution in [0.25, 0.3) is 0 Å². The summed E-state index contributed by atoms with van der Waals surface area (Å²) >= 11 is 6.13. The fraction of sp³-hybridized carbons (Fsp3) is 0.417. The number of amides is 2. The molecule has 0 unspecified atom stereocenters. The van der Waals surface area contributed by atoms with Gasteiger partial charge in [0, 0.05) is 22.7 Å². The fourth-order valence-electron chi connectivity index (χ4n) is 3.33. The largest absolute Gasteiger partial charge is 0.350 e. The Morgan fingerprint density at radius 2 is 1.83 bits per heavy atom. The maximum Gasteiger partial charge on any atom is 0.243 e. The van der Waals surface area contributed by atoms with E-state index in [1.807, 2.05) is 58.9 Å². The van der Waals surface area contributed by atoms with Gasteiger partial charge in [0.05, 0.1) is 6.42 Å². The van der Waals surface area contributed by atoms with E-state index < -0.39 is 17.4 Å². The summed E-state index contributed by atoms with van der Waals surface area (Å²) in [7, 11) is 0. The SMILES string of the molecule is CC[C@H](C(=O)NC(C)(C)C)N(Cc1cccc(C)c1)C(=O)Cc1c(F)cccc1Cl.